The summed E-state index contributed by atoms with van der Waals surface area (Å²) in [5.74, 6) is 0. The van der Waals surface area contributed by atoms with Gasteiger partial charge in [-0.3, -0.25) is 9.58 Å². The molecule has 4 heteroatoms. The van der Waals surface area contributed by atoms with Crippen molar-refractivity contribution in [3.8, 4) is 0 Å². The van der Waals surface area contributed by atoms with E-state index < -0.39 is 0 Å². The van der Waals surface area contributed by atoms with Crippen LogP contribution in [0.2, 0.25) is 0 Å². The van der Waals surface area contributed by atoms with Crippen LogP contribution in [0.4, 0.5) is 0 Å². The third-order valence-corrected chi connectivity index (χ3v) is 4.64. The Hall–Kier alpha value is -1.13. The van der Waals surface area contributed by atoms with Crippen molar-refractivity contribution in [3.05, 3.63) is 30.1 Å². The van der Waals surface area contributed by atoms with Crippen molar-refractivity contribution in [2.24, 2.45) is 0 Å². The Kier molecular flexibility index (Phi) is 5.59. The molecule has 2 heterocycles. The maximum Gasteiger partial charge on any atom is 0.0638 e. The van der Waals surface area contributed by atoms with Gasteiger partial charge in [-0.2, -0.15) is 5.10 Å². The number of aryl methyl sites for hydroxylation is 1. The second kappa shape index (κ2) is 7.23. The van der Waals surface area contributed by atoms with E-state index in [-0.39, 0.29) is 0 Å². The van der Waals surface area contributed by atoms with Crippen molar-refractivity contribution in [1.82, 2.24) is 19.6 Å². The molecule has 0 unspecified atom stereocenters. The molecule has 0 N–H and O–H groups in total. The van der Waals surface area contributed by atoms with Gasteiger partial charge >= 0.3 is 0 Å². The number of allylic oxidation sites excluding steroid dienone is 1. The largest absolute Gasteiger partial charge is 0.301 e. The van der Waals surface area contributed by atoms with Gasteiger partial charge in [0.2, 0.25) is 0 Å². The van der Waals surface area contributed by atoms with Crippen LogP contribution < -0.4 is 0 Å². The van der Waals surface area contributed by atoms with Crippen LogP contribution in [-0.2, 0) is 13.1 Å². The van der Waals surface area contributed by atoms with Gasteiger partial charge in [0.05, 0.1) is 12.2 Å². The van der Waals surface area contributed by atoms with Crippen molar-refractivity contribution >= 4 is 0 Å². The van der Waals surface area contributed by atoms with Crippen LogP contribution >= 0.6 is 0 Å². The Labute approximate surface area is 129 Å². The predicted octanol–water partition coefficient (Wildman–Crippen LogP) is 2.68. The van der Waals surface area contributed by atoms with Crippen LogP contribution in [0.1, 0.15) is 37.9 Å². The van der Waals surface area contributed by atoms with Crippen LogP contribution in [0.5, 0.6) is 0 Å². The zero-order valence-electron chi connectivity index (χ0n) is 14.0. The minimum atomic E-state index is 0.677. The SMILES string of the molecule is C=CCn1cc(CN(C)C2CCN(C(C)C)CC2)c(C)n1. The number of hydrogen-bond donors (Lipinski definition) is 0. The fourth-order valence-corrected chi connectivity index (χ4v) is 3.18. The maximum absolute atomic E-state index is 4.54. The third-order valence-electron chi connectivity index (χ3n) is 4.64. The van der Waals surface area contributed by atoms with E-state index in [0.29, 0.717) is 12.1 Å². The predicted molar refractivity (Wildman–Crippen MR) is 88.4 cm³/mol. The van der Waals surface area contributed by atoms with Crippen molar-refractivity contribution in [1.29, 1.82) is 0 Å². The van der Waals surface area contributed by atoms with Crippen molar-refractivity contribution in [2.75, 3.05) is 20.1 Å². The molecule has 2 rings (SSSR count). The van der Waals surface area contributed by atoms with E-state index in [1.807, 2.05) is 10.8 Å². The lowest BCUT2D eigenvalue weighted by molar-refractivity contribution is 0.104. The molecule has 1 aliphatic rings. The van der Waals surface area contributed by atoms with E-state index in [4.69, 9.17) is 0 Å². The molecule has 4 nitrogen and oxygen atoms in total. The number of nitrogens with zero attached hydrogens (tertiary/aromatic N) is 4. The van der Waals surface area contributed by atoms with Crippen LogP contribution in [0.25, 0.3) is 0 Å². The van der Waals surface area contributed by atoms with Gasteiger partial charge in [-0.1, -0.05) is 6.08 Å². The summed E-state index contributed by atoms with van der Waals surface area (Å²) < 4.78 is 1.98. The van der Waals surface area contributed by atoms with Crippen LogP contribution in [0, 0.1) is 6.92 Å². The minimum Gasteiger partial charge on any atom is -0.301 e. The van der Waals surface area contributed by atoms with Crippen LogP contribution in [-0.4, -0.2) is 51.8 Å². The first-order valence-electron chi connectivity index (χ1n) is 8.09. The summed E-state index contributed by atoms with van der Waals surface area (Å²) in [6.45, 7) is 14.7. The summed E-state index contributed by atoms with van der Waals surface area (Å²) in [5, 5.41) is 4.54. The fraction of sp³-hybridized carbons (Fsp3) is 0.706. The monoisotopic (exact) mass is 290 g/mol. The molecule has 0 aliphatic carbocycles. The lowest BCUT2D eigenvalue weighted by Gasteiger charge is -2.38. The first kappa shape index (κ1) is 16.2. The van der Waals surface area contributed by atoms with E-state index in [0.717, 1.165) is 18.8 Å². The van der Waals surface area contributed by atoms with Crippen LogP contribution in [0.15, 0.2) is 18.9 Å². The Morgan fingerprint density at radius 2 is 2.10 bits per heavy atom. The topological polar surface area (TPSA) is 24.3 Å². The smallest absolute Gasteiger partial charge is 0.0638 e. The second-order valence-corrected chi connectivity index (χ2v) is 6.53. The highest BCUT2D eigenvalue weighted by Gasteiger charge is 2.24. The molecule has 0 saturated carbocycles. The van der Waals surface area contributed by atoms with Crippen molar-refractivity contribution < 1.29 is 0 Å². The molecular formula is C17H30N4. The zero-order valence-corrected chi connectivity index (χ0v) is 14.0. The van der Waals surface area contributed by atoms with E-state index in [2.05, 4.69) is 55.5 Å². The first-order valence-corrected chi connectivity index (χ1v) is 8.09. The van der Waals surface area contributed by atoms with Gasteiger partial charge in [-0.25, -0.2) is 0 Å². The summed E-state index contributed by atoms with van der Waals surface area (Å²) in [7, 11) is 2.25. The number of aromatic nitrogens is 2. The highest BCUT2D eigenvalue weighted by atomic mass is 15.3. The van der Waals surface area contributed by atoms with E-state index >= 15 is 0 Å². The Morgan fingerprint density at radius 3 is 2.67 bits per heavy atom. The molecule has 0 bridgehead atoms. The van der Waals surface area contributed by atoms with Crippen molar-refractivity contribution in [2.45, 2.75) is 58.8 Å². The average molecular weight is 290 g/mol. The first-order chi connectivity index (χ1) is 10.0. The summed E-state index contributed by atoms with van der Waals surface area (Å²) in [6.07, 6.45) is 6.60. The molecule has 1 aliphatic heterocycles. The third kappa shape index (κ3) is 4.17. The molecule has 1 aromatic rings. The summed E-state index contributed by atoms with van der Waals surface area (Å²) in [6, 6.07) is 1.37. The van der Waals surface area contributed by atoms with E-state index in [1.165, 1.54) is 31.5 Å². The van der Waals surface area contributed by atoms with Gasteiger partial charge in [0.25, 0.3) is 0 Å². The maximum atomic E-state index is 4.54. The van der Waals surface area contributed by atoms with Gasteiger partial charge < -0.3 is 4.90 Å². The lowest BCUT2D eigenvalue weighted by Crippen LogP contribution is -2.45. The highest BCUT2D eigenvalue weighted by molar-refractivity contribution is 5.15. The lowest BCUT2D eigenvalue weighted by atomic mass is 10.0. The van der Waals surface area contributed by atoms with Gasteiger partial charge in [0, 0.05) is 30.4 Å². The standard InChI is InChI=1S/C17H30N4/c1-6-9-21-13-16(15(4)18-21)12-19(5)17-7-10-20(11-8-17)14(2)3/h6,13-14,17H,1,7-12H2,2-5H3. The van der Waals surface area contributed by atoms with Crippen LogP contribution in [0.3, 0.4) is 0 Å². The van der Waals surface area contributed by atoms with Gasteiger partial charge in [0.15, 0.2) is 0 Å². The van der Waals surface area contributed by atoms with Gasteiger partial charge in [0.1, 0.15) is 0 Å². The quantitative estimate of drug-likeness (QED) is 0.753. The zero-order chi connectivity index (χ0) is 15.4. The average Bonchev–Trinajstić information content (AvgIpc) is 2.79. The molecule has 0 aromatic carbocycles. The Bertz CT molecular complexity index is 455. The highest BCUT2D eigenvalue weighted by Crippen LogP contribution is 2.19. The molecule has 0 radical (unpaired) electrons. The normalized spacial score (nSPS) is 17.8. The molecule has 21 heavy (non-hydrogen) atoms. The minimum absolute atomic E-state index is 0.677. The number of rotatable bonds is 6. The molecule has 1 fully saturated rings. The number of likely N-dealkylation sites (tertiary alicyclic amines) is 1. The molecule has 118 valence electrons. The number of piperidine rings is 1. The number of hydrogen-bond acceptors (Lipinski definition) is 3. The molecular weight excluding hydrogens is 260 g/mol. The van der Waals surface area contributed by atoms with Gasteiger partial charge in [-0.15, -0.1) is 6.58 Å². The fourth-order valence-electron chi connectivity index (χ4n) is 3.18. The summed E-state index contributed by atoms with van der Waals surface area (Å²) >= 11 is 0. The molecule has 1 saturated heterocycles. The summed E-state index contributed by atoms with van der Waals surface area (Å²) in [5.41, 5.74) is 2.48. The molecule has 1 aromatic heterocycles. The van der Waals surface area contributed by atoms with Crippen molar-refractivity contribution in [3.63, 3.8) is 0 Å². The summed E-state index contributed by atoms with van der Waals surface area (Å²) in [4.78, 5) is 5.08. The Morgan fingerprint density at radius 1 is 1.43 bits per heavy atom. The van der Waals surface area contributed by atoms with E-state index in [1.54, 1.807) is 0 Å². The second-order valence-electron chi connectivity index (χ2n) is 6.53. The molecule has 0 amide bonds. The molecule has 0 spiro atoms. The molecule has 0 atom stereocenters. The van der Waals surface area contributed by atoms with E-state index in [9.17, 15) is 0 Å². The van der Waals surface area contributed by atoms with Gasteiger partial charge in [-0.05, 0) is 53.8 Å². The Balaban J connectivity index is 1.90.